The summed E-state index contributed by atoms with van der Waals surface area (Å²) >= 11 is 0. The lowest BCUT2D eigenvalue weighted by Gasteiger charge is -2.26. The maximum atomic E-state index is 5.25. The van der Waals surface area contributed by atoms with E-state index in [4.69, 9.17) is 5.84 Å². The van der Waals surface area contributed by atoms with Crippen LogP contribution in [0.1, 0.15) is 38.8 Å². The summed E-state index contributed by atoms with van der Waals surface area (Å²) < 4.78 is 0. The molecule has 0 saturated heterocycles. The SMILES string of the molecule is CC(C)Cc1ccc(C(C)(C)CNCNN)cc1. The minimum absolute atomic E-state index is 0.118. The third-order valence-corrected chi connectivity index (χ3v) is 3.17. The van der Waals surface area contributed by atoms with Gasteiger partial charge in [-0.1, -0.05) is 52.0 Å². The first-order chi connectivity index (χ1) is 8.45. The summed E-state index contributed by atoms with van der Waals surface area (Å²) in [4.78, 5) is 0. The molecule has 0 spiro atoms. The average molecular weight is 249 g/mol. The molecule has 0 heterocycles. The summed E-state index contributed by atoms with van der Waals surface area (Å²) in [7, 11) is 0. The number of hydrogen-bond donors (Lipinski definition) is 3. The molecule has 0 radical (unpaired) electrons. The van der Waals surface area contributed by atoms with E-state index >= 15 is 0 Å². The van der Waals surface area contributed by atoms with Crippen LogP contribution in [0.5, 0.6) is 0 Å². The van der Waals surface area contributed by atoms with Crippen LogP contribution < -0.4 is 16.6 Å². The van der Waals surface area contributed by atoms with Crippen molar-refractivity contribution in [1.29, 1.82) is 0 Å². The van der Waals surface area contributed by atoms with Crippen molar-refractivity contribution >= 4 is 0 Å². The number of nitrogens with two attached hydrogens (primary N) is 1. The van der Waals surface area contributed by atoms with Gasteiger partial charge in [-0.15, -0.1) is 0 Å². The molecule has 3 nitrogen and oxygen atoms in total. The summed E-state index contributed by atoms with van der Waals surface area (Å²) in [6.07, 6.45) is 1.15. The van der Waals surface area contributed by atoms with Crippen molar-refractivity contribution in [3.63, 3.8) is 0 Å². The van der Waals surface area contributed by atoms with Gasteiger partial charge in [-0.3, -0.25) is 5.84 Å². The molecule has 102 valence electrons. The standard InChI is InChI=1S/C15H27N3/c1-12(2)9-13-5-7-14(8-6-13)15(3,4)10-17-11-18-16/h5-8,12,17-18H,9-11,16H2,1-4H3. The fourth-order valence-electron chi connectivity index (χ4n) is 2.11. The van der Waals surface area contributed by atoms with Gasteiger partial charge in [0.25, 0.3) is 0 Å². The smallest absolute Gasteiger partial charge is 0.0587 e. The molecule has 0 atom stereocenters. The van der Waals surface area contributed by atoms with Gasteiger partial charge in [0.05, 0.1) is 6.67 Å². The second-order valence-electron chi connectivity index (χ2n) is 5.99. The number of hydrogen-bond acceptors (Lipinski definition) is 3. The number of hydrazine groups is 1. The lowest BCUT2D eigenvalue weighted by molar-refractivity contribution is 0.454. The van der Waals surface area contributed by atoms with Crippen LogP contribution in [0.4, 0.5) is 0 Å². The Morgan fingerprint density at radius 2 is 1.78 bits per heavy atom. The van der Waals surface area contributed by atoms with Crippen molar-refractivity contribution in [3.8, 4) is 0 Å². The molecule has 18 heavy (non-hydrogen) atoms. The molecule has 1 aromatic rings. The minimum atomic E-state index is 0.118. The zero-order valence-corrected chi connectivity index (χ0v) is 12.1. The molecule has 0 saturated carbocycles. The van der Waals surface area contributed by atoms with Gasteiger partial charge in [0.15, 0.2) is 0 Å². The van der Waals surface area contributed by atoms with E-state index in [0.717, 1.165) is 13.0 Å². The van der Waals surface area contributed by atoms with E-state index < -0.39 is 0 Å². The predicted molar refractivity (Wildman–Crippen MR) is 78.2 cm³/mol. The van der Waals surface area contributed by atoms with Crippen LogP contribution in [-0.2, 0) is 11.8 Å². The molecule has 1 rings (SSSR count). The highest BCUT2D eigenvalue weighted by atomic mass is 15.3. The molecule has 0 aliphatic carbocycles. The third-order valence-electron chi connectivity index (χ3n) is 3.17. The van der Waals surface area contributed by atoms with Crippen LogP contribution in [0.3, 0.4) is 0 Å². The lowest BCUT2D eigenvalue weighted by Crippen LogP contribution is -2.40. The summed E-state index contributed by atoms with van der Waals surface area (Å²) in [6, 6.07) is 8.99. The van der Waals surface area contributed by atoms with Gasteiger partial charge in [-0.25, -0.2) is 5.43 Å². The van der Waals surface area contributed by atoms with Crippen LogP contribution in [0.2, 0.25) is 0 Å². The maximum Gasteiger partial charge on any atom is 0.0587 e. The van der Waals surface area contributed by atoms with Gasteiger partial charge < -0.3 is 5.32 Å². The highest BCUT2D eigenvalue weighted by Gasteiger charge is 2.19. The Morgan fingerprint density at radius 1 is 1.17 bits per heavy atom. The molecular formula is C15H27N3. The molecule has 0 aromatic heterocycles. The Bertz CT molecular complexity index is 341. The summed E-state index contributed by atoms with van der Waals surface area (Å²) in [5.74, 6) is 5.96. The van der Waals surface area contributed by atoms with Gasteiger partial charge in [-0.05, 0) is 23.5 Å². The number of nitrogens with one attached hydrogen (secondary N) is 2. The highest BCUT2D eigenvalue weighted by Crippen LogP contribution is 2.23. The van der Waals surface area contributed by atoms with E-state index in [1.165, 1.54) is 11.1 Å². The van der Waals surface area contributed by atoms with Crippen molar-refractivity contribution in [1.82, 2.24) is 10.7 Å². The van der Waals surface area contributed by atoms with E-state index in [9.17, 15) is 0 Å². The molecule has 0 aliphatic heterocycles. The molecule has 1 aromatic carbocycles. The second kappa shape index (κ2) is 6.88. The Hall–Kier alpha value is -0.900. The first kappa shape index (κ1) is 15.2. The summed E-state index contributed by atoms with van der Waals surface area (Å²) in [5, 5.41) is 3.28. The molecule has 3 heteroatoms. The maximum absolute atomic E-state index is 5.25. The van der Waals surface area contributed by atoms with Crippen molar-refractivity contribution in [2.24, 2.45) is 11.8 Å². The zero-order valence-electron chi connectivity index (χ0n) is 12.1. The van der Waals surface area contributed by atoms with Crippen LogP contribution in [0.15, 0.2) is 24.3 Å². The van der Waals surface area contributed by atoms with Gasteiger partial charge >= 0.3 is 0 Å². The fourth-order valence-corrected chi connectivity index (χ4v) is 2.11. The quantitative estimate of drug-likeness (QED) is 0.300. The molecule has 0 bridgehead atoms. The first-order valence-corrected chi connectivity index (χ1v) is 6.69. The fraction of sp³-hybridized carbons (Fsp3) is 0.600. The predicted octanol–water partition coefficient (Wildman–Crippen LogP) is 2.17. The Labute approximate surface area is 111 Å². The Balaban J connectivity index is 2.65. The third kappa shape index (κ3) is 4.77. The lowest BCUT2D eigenvalue weighted by atomic mass is 9.84. The number of benzene rings is 1. The van der Waals surface area contributed by atoms with Crippen LogP contribution >= 0.6 is 0 Å². The van der Waals surface area contributed by atoms with Crippen LogP contribution in [0.25, 0.3) is 0 Å². The van der Waals surface area contributed by atoms with Gasteiger partial charge in [0, 0.05) is 12.0 Å². The van der Waals surface area contributed by atoms with Crippen molar-refractivity contribution < 1.29 is 0 Å². The minimum Gasteiger partial charge on any atom is -0.303 e. The molecular weight excluding hydrogens is 222 g/mol. The number of rotatable bonds is 7. The topological polar surface area (TPSA) is 50.1 Å². The largest absolute Gasteiger partial charge is 0.303 e. The molecule has 0 fully saturated rings. The van der Waals surface area contributed by atoms with Crippen LogP contribution in [0, 0.1) is 5.92 Å². The van der Waals surface area contributed by atoms with Crippen LogP contribution in [-0.4, -0.2) is 13.2 Å². The van der Waals surface area contributed by atoms with E-state index in [2.05, 4.69) is 62.7 Å². The second-order valence-corrected chi connectivity index (χ2v) is 5.99. The molecule has 0 aliphatic rings. The molecule has 4 N–H and O–H groups in total. The normalized spacial score (nSPS) is 12.1. The van der Waals surface area contributed by atoms with Crippen molar-refractivity contribution in [2.45, 2.75) is 39.5 Å². The van der Waals surface area contributed by atoms with Crippen molar-refractivity contribution in [3.05, 3.63) is 35.4 Å². The first-order valence-electron chi connectivity index (χ1n) is 6.69. The molecule has 0 unspecified atom stereocenters. The van der Waals surface area contributed by atoms with E-state index in [1.54, 1.807) is 0 Å². The average Bonchev–Trinajstić information content (AvgIpc) is 2.29. The van der Waals surface area contributed by atoms with Gasteiger partial charge in [0.1, 0.15) is 0 Å². The van der Waals surface area contributed by atoms with Crippen molar-refractivity contribution in [2.75, 3.05) is 13.2 Å². The summed E-state index contributed by atoms with van der Waals surface area (Å²) in [5.41, 5.74) is 5.51. The van der Waals surface area contributed by atoms with Gasteiger partial charge in [0.2, 0.25) is 0 Å². The monoisotopic (exact) mass is 249 g/mol. The Morgan fingerprint density at radius 3 is 2.28 bits per heavy atom. The highest BCUT2D eigenvalue weighted by molar-refractivity contribution is 5.28. The van der Waals surface area contributed by atoms with Gasteiger partial charge in [-0.2, -0.15) is 0 Å². The van der Waals surface area contributed by atoms with E-state index in [1.807, 2.05) is 0 Å². The van der Waals surface area contributed by atoms with E-state index in [0.29, 0.717) is 12.6 Å². The Kier molecular flexibility index (Phi) is 5.79. The zero-order chi connectivity index (χ0) is 13.6. The molecule has 0 amide bonds. The summed E-state index contributed by atoms with van der Waals surface area (Å²) in [6.45, 7) is 10.5. The van der Waals surface area contributed by atoms with E-state index in [-0.39, 0.29) is 5.41 Å².